The monoisotopic (exact) mass is 332 g/mol. The lowest BCUT2D eigenvalue weighted by molar-refractivity contribution is 0.283. The van der Waals surface area contributed by atoms with E-state index in [9.17, 15) is 4.39 Å². The van der Waals surface area contributed by atoms with Crippen LogP contribution in [0.1, 0.15) is 17.2 Å². The Morgan fingerprint density at radius 2 is 2.15 bits per heavy atom. The minimum absolute atomic E-state index is 0.283. The maximum atomic E-state index is 13.9. The second-order valence-corrected chi connectivity index (χ2v) is 5.41. The highest BCUT2D eigenvalue weighted by molar-refractivity contribution is 9.10. The zero-order valence-corrected chi connectivity index (χ0v) is 11.9. The molecule has 1 aliphatic heterocycles. The van der Waals surface area contributed by atoms with Crippen LogP contribution in [-0.4, -0.2) is 6.61 Å². The lowest BCUT2D eigenvalue weighted by Gasteiger charge is -2.28. The van der Waals surface area contributed by atoms with Crippen molar-refractivity contribution >= 4 is 21.6 Å². The van der Waals surface area contributed by atoms with Gasteiger partial charge in [-0.3, -0.25) is 0 Å². The molecular formula is C15H10BrFN2O. The quantitative estimate of drug-likeness (QED) is 0.858. The van der Waals surface area contributed by atoms with Gasteiger partial charge in [0.25, 0.3) is 0 Å². The molecule has 3 nitrogen and oxygen atoms in total. The van der Waals surface area contributed by atoms with E-state index < -0.39 is 0 Å². The summed E-state index contributed by atoms with van der Waals surface area (Å²) in [6, 6.07) is 11.7. The SMILES string of the molecule is N#Cc1ccc2c(c1)NC(c1cc(Br)ccc1F)CO2. The summed E-state index contributed by atoms with van der Waals surface area (Å²) < 4.78 is 20.4. The number of anilines is 1. The molecule has 2 aromatic carbocycles. The van der Waals surface area contributed by atoms with Crippen LogP contribution in [0.4, 0.5) is 10.1 Å². The predicted molar refractivity (Wildman–Crippen MR) is 77.1 cm³/mol. The second kappa shape index (κ2) is 5.14. The van der Waals surface area contributed by atoms with Crippen molar-refractivity contribution in [2.75, 3.05) is 11.9 Å². The average molecular weight is 333 g/mol. The van der Waals surface area contributed by atoms with Gasteiger partial charge in [-0.2, -0.15) is 5.26 Å². The molecule has 2 aromatic rings. The fourth-order valence-electron chi connectivity index (χ4n) is 2.19. The van der Waals surface area contributed by atoms with Gasteiger partial charge in [-0.1, -0.05) is 15.9 Å². The highest BCUT2D eigenvalue weighted by Crippen LogP contribution is 2.35. The van der Waals surface area contributed by atoms with E-state index in [1.807, 2.05) is 0 Å². The summed E-state index contributed by atoms with van der Waals surface area (Å²) in [6.07, 6.45) is 0. The smallest absolute Gasteiger partial charge is 0.142 e. The van der Waals surface area contributed by atoms with Crippen molar-refractivity contribution < 1.29 is 9.13 Å². The minimum Gasteiger partial charge on any atom is -0.489 e. The molecule has 3 rings (SSSR count). The molecule has 1 aliphatic rings. The first-order chi connectivity index (χ1) is 9.67. The molecule has 100 valence electrons. The number of nitrogens with one attached hydrogen (secondary N) is 1. The van der Waals surface area contributed by atoms with Gasteiger partial charge in [-0.25, -0.2) is 4.39 Å². The lowest BCUT2D eigenvalue weighted by atomic mass is 10.0. The molecule has 1 N–H and O–H groups in total. The third-order valence-electron chi connectivity index (χ3n) is 3.18. The third-order valence-corrected chi connectivity index (χ3v) is 3.67. The van der Waals surface area contributed by atoms with Gasteiger partial charge >= 0.3 is 0 Å². The molecule has 20 heavy (non-hydrogen) atoms. The summed E-state index contributed by atoms with van der Waals surface area (Å²) in [7, 11) is 0. The Hall–Kier alpha value is -2.06. The standard InChI is InChI=1S/C15H10BrFN2O/c16-10-2-3-12(17)11(6-10)14-8-20-15-4-1-9(7-18)5-13(15)19-14/h1-6,14,19H,8H2. The number of hydrogen-bond donors (Lipinski definition) is 1. The molecule has 0 aromatic heterocycles. The molecule has 1 heterocycles. The van der Waals surface area contributed by atoms with Gasteiger partial charge in [0.2, 0.25) is 0 Å². The lowest BCUT2D eigenvalue weighted by Crippen LogP contribution is -2.24. The Morgan fingerprint density at radius 3 is 2.95 bits per heavy atom. The van der Waals surface area contributed by atoms with E-state index in [-0.39, 0.29) is 11.9 Å². The van der Waals surface area contributed by atoms with Gasteiger partial charge in [0.1, 0.15) is 18.2 Å². The molecular weight excluding hydrogens is 323 g/mol. The number of hydrogen-bond acceptors (Lipinski definition) is 3. The van der Waals surface area contributed by atoms with Crippen LogP contribution in [0.2, 0.25) is 0 Å². The van der Waals surface area contributed by atoms with Crippen LogP contribution in [0.3, 0.4) is 0 Å². The molecule has 0 aliphatic carbocycles. The first kappa shape index (κ1) is 12.9. The zero-order chi connectivity index (χ0) is 14.1. The molecule has 5 heteroatoms. The summed E-state index contributed by atoms with van der Waals surface area (Å²) in [5, 5.41) is 12.1. The van der Waals surface area contributed by atoms with Crippen molar-refractivity contribution in [2.45, 2.75) is 6.04 Å². The fraction of sp³-hybridized carbons (Fsp3) is 0.133. The van der Waals surface area contributed by atoms with E-state index in [0.29, 0.717) is 29.2 Å². The normalized spacial score (nSPS) is 16.6. The summed E-state index contributed by atoms with van der Waals surface area (Å²) in [4.78, 5) is 0. The Bertz CT molecular complexity index is 712. The summed E-state index contributed by atoms with van der Waals surface area (Å²) in [5.41, 5.74) is 1.78. The molecule has 1 unspecified atom stereocenters. The second-order valence-electron chi connectivity index (χ2n) is 4.50. The molecule has 0 spiro atoms. The summed E-state index contributed by atoms with van der Waals surface area (Å²) >= 11 is 3.34. The van der Waals surface area contributed by atoms with Gasteiger partial charge in [-0.15, -0.1) is 0 Å². The Labute approximate surface area is 124 Å². The number of fused-ring (bicyclic) bond motifs is 1. The van der Waals surface area contributed by atoms with Crippen LogP contribution in [0, 0.1) is 17.1 Å². The molecule has 0 saturated heterocycles. The number of nitriles is 1. The molecule has 0 fully saturated rings. The van der Waals surface area contributed by atoms with Crippen LogP contribution in [0.25, 0.3) is 0 Å². The van der Waals surface area contributed by atoms with Crippen molar-refractivity contribution in [3.05, 3.63) is 57.8 Å². The first-order valence-corrected chi connectivity index (χ1v) is 6.85. The number of benzene rings is 2. The summed E-state index contributed by atoms with van der Waals surface area (Å²) in [5.74, 6) is 0.393. The van der Waals surface area contributed by atoms with Crippen LogP contribution in [0.5, 0.6) is 5.75 Å². The molecule has 0 radical (unpaired) electrons. The van der Waals surface area contributed by atoms with Gasteiger partial charge in [0.15, 0.2) is 0 Å². The third kappa shape index (κ3) is 2.35. The molecule has 0 saturated carbocycles. The van der Waals surface area contributed by atoms with Crippen molar-refractivity contribution in [2.24, 2.45) is 0 Å². The van der Waals surface area contributed by atoms with E-state index in [2.05, 4.69) is 27.3 Å². The van der Waals surface area contributed by atoms with Gasteiger partial charge in [0.05, 0.1) is 23.4 Å². The van der Waals surface area contributed by atoms with Crippen LogP contribution < -0.4 is 10.1 Å². The van der Waals surface area contributed by atoms with E-state index >= 15 is 0 Å². The molecule has 0 amide bonds. The number of ether oxygens (including phenoxy) is 1. The Morgan fingerprint density at radius 1 is 1.30 bits per heavy atom. The topological polar surface area (TPSA) is 45.0 Å². The number of nitrogens with zero attached hydrogens (tertiary/aromatic N) is 1. The molecule has 0 bridgehead atoms. The highest BCUT2D eigenvalue weighted by Gasteiger charge is 2.23. The van der Waals surface area contributed by atoms with Gasteiger partial charge in [0, 0.05) is 10.0 Å². The van der Waals surface area contributed by atoms with E-state index in [4.69, 9.17) is 10.00 Å². The fourth-order valence-corrected chi connectivity index (χ4v) is 2.57. The maximum Gasteiger partial charge on any atom is 0.142 e. The summed E-state index contributed by atoms with van der Waals surface area (Å²) in [6.45, 7) is 0.340. The van der Waals surface area contributed by atoms with E-state index in [0.717, 1.165) is 4.47 Å². The Balaban J connectivity index is 1.95. The van der Waals surface area contributed by atoms with Gasteiger partial charge in [-0.05, 0) is 36.4 Å². The van der Waals surface area contributed by atoms with Crippen molar-refractivity contribution in [1.29, 1.82) is 5.26 Å². The van der Waals surface area contributed by atoms with Crippen LogP contribution in [-0.2, 0) is 0 Å². The zero-order valence-electron chi connectivity index (χ0n) is 10.4. The van der Waals surface area contributed by atoms with E-state index in [1.54, 1.807) is 30.3 Å². The number of rotatable bonds is 1. The van der Waals surface area contributed by atoms with E-state index in [1.165, 1.54) is 6.07 Å². The van der Waals surface area contributed by atoms with Crippen LogP contribution >= 0.6 is 15.9 Å². The van der Waals surface area contributed by atoms with Crippen LogP contribution in [0.15, 0.2) is 40.9 Å². The Kier molecular flexibility index (Phi) is 3.33. The minimum atomic E-state index is -0.283. The predicted octanol–water partition coefficient (Wildman–Crippen LogP) is 4.01. The number of halogens is 2. The van der Waals surface area contributed by atoms with Crippen molar-refractivity contribution in [3.63, 3.8) is 0 Å². The first-order valence-electron chi connectivity index (χ1n) is 6.06. The molecule has 1 atom stereocenters. The van der Waals surface area contributed by atoms with Gasteiger partial charge < -0.3 is 10.1 Å². The van der Waals surface area contributed by atoms with Crippen molar-refractivity contribution in [3.8, 4) is 11.8 Å². The average Bonchev–Trinajstić information content (AvgIpc) is 2.48. The maximum absolute atomic E-state index is 13.9. The largest absolute Gasteiger partial charge is 0.489 e. The highest BCUT2D eigenvalue weighted by atomic mass is 79.9. The van der Waals surface area contributed by atoms with Crippen molar-refractivity contribution in [1.82, 2.24) is 0 Å².